The number of pyridine rings is 1. The topological polar surface area (TPSA) is 112 Å². The van der Waals surface area contributed by atoms with E-state index in [1.807, 2.05) is 31.2 Å². The highest BCUT2D eigenvalue weighted by atomic mass is 32.2. The normalized spacial score (nSPS) is 10.8. The van der Waals surface area contributed by atoms with Crippen molar-refractivity contribution in [1.82, 2.24) is 34.4 Å². The highest BCUT2D eigenvalue weighted by Gasteiger charge is 2.22. The summed E-state index contributed by atoms with van der Waals surface area (Å²) in [6.45, 7) is 2.26. The molecule has 2 N–H and O–H groups in total. The van der Waals surface area contributed by atoms with E-state index in [1.165, 1.54) is 0 Å². The molecular formula is C21H21FN8O2S. The summed E-state index contributed by atoms with van der Waals surface area (Å²) in [4.78, 5) is 12.1. The first kappa shape index (κ1) is 22.4. The van der Waals surface area contributed by atoms with Crippen molar-refractivity contribution in [2.24, 2.45) is 0 Å². The Morgan fingerprint density at radius 2 is 1.76 bits per heavy atom. The number of aromatic nitrogens is 6. The third-order valence-electron chi connectivity index (χ3n) is 4.54. The number of rotatable bonds is 9. The van der Waals surface area contributed by atoms with Crippen molar-refractivity contribution >= 4 is 18.1 Å². The van der Waals surface area contributed by atoms with Gasteiger partial charge in [0.05, 0.1) is 33.2 Å². The Hall–Kier alpha value is -3.77. The van der Waals surface area contributed by atoms with E-state index in [4.69, 9.17) is 9.47 Å². The van der Waals surface area contributed by atoms with Crippen LogP contribution in [-0.4, -0.2) is 43.9 Å². The van der Waals surface area contributed by atoms with Gasteiger partial charge in [0.25, 0.3) is 0 Å². The van der Waals surface area contributed by atoms with Crippen LogP contribution < -0.4 is 18.9 Å². The van der Waals surface area contributed by atoms with Gasteiger partial charge in [0.1, 0.15) is 23.0 Å². The van der Waals surface area contributed by atoms with Gasteiger partial charge in [-0.05, 0) is 30.7 Å². The van der Waals surface area contributed by atoms with Gasteiger partial charge in [0.15, 0.2) is 11.6 Å². The number of halogens is 1. The molecule has 0 atom stereocenters. The van der Waals surface area contributed by atoms with Gasteiger partial charge in [-0.3, -0.25) is 14.3 Å². The van der Waals surface area contributed by atoms with Crippen molar-refractivity contribution < 1.29 is 13.9 Å². The lowest BCUT2D eigenvalue weighted by atomic mass is 10.2. The molecule has 3 aromatic heterocycles. The second-order valence-corrected chi connectivity index (χ2v) is 7.48. The average molecular weight is 469 g/mol. The molecule has 33 heavy (non-hydrogen) atoms. The molecule has 170 valence electrons. The van der Waals surface area contributed by atoms with Crippen LogP contribution in [0.5, 0.6) is 11.5 Å². The number of nitrogens with one attached hydrogen (secondary N) is 2. The number of anilines is 1. The van der Waals surface area contributed by atoms with E-state index in [1.54, 1.807) is 31.2 Å². The van der Waals surface area contributed by atoms with Crippen LogP contribution in [0.1, 0.15) is 11.4 Å². The molecule has 0 saturated carbocycles. The summed E-state index contributed by atoms with van der Waals surface area (Å²) in [5.41, 5.74) is 2.40. The molecule has 0 unspecified atom stereocenters. The van der Waals surface area contributed by atoms with Crippen LogP contribution in [0.25, 0.3) is 17.1 Å². The largest absolute Gasteiger partial charge is 0.494 e. The molecule has 0 radical (unpaired) electrons. The van der Waals surface area contributed by atoms with Gasteiger partial charge >= 0.3 is 0 Å². The predicted molar refractivity (Wildman–Crippen MR) is 122 cm³/mol. The number of methoxy groups -OCH3 is 2. The van der Waals surface area contributed by atoms with Gasteiger partial charge in [-0.15, -0.1) is 10.2 Å². The number of nitrogens with zero attached hydrogens (tertiary/aromatic N) is 6. The molecule has 0 bridgehead atoms. The van der Waals surface area contributed by atoms with E-state index >= 15 is 0 Å². The molecule has 0 aliphatic rings. The summed E-state index contributed by atoms with van der Waals surface area (Å²) in [6, 6.07) is 7.47. The number of hydrogen-bond acceptors (Lipinski definition) is 10. The summed E-state index contributed by atoms with van der Waals surface area (Å²) in [7, 11) is 3.17. The summed E-state index contributed by atoms with van der Waals surface area (Å²) in [6.07, 6.45) is 5.73. The molecule has 10 nitrogen and oxygen atoms in total. The Labute approximate surface area is 193 Å². The first-order chi connectivity index (χ1) is 16.1. The number of aryl methyl sites for hydroxylation is 1. The molecule has 0 aliphatic carbocycles. The zero-order valence-electron chi connectivity index (χ0n) is 18.1. The standard InChI is InChI=1S/C21H21FN8O2S/c1-13-7-14(9-23-8-13)20-27-28-21(29-33-26-12-18-24-10-15(22)11-25-18)30(20)19-16(31-2)5-4-6-17(19)32-3/h4-11,26H,12H2,1-3H3,(H,28,29). The molecular weight excluding hydrogens is 447 g/mol. The summed E-state index contributed by atoms with van der Waals surface area (Å²) >= 11 is 1.16. The lowest BCUT2D eigenvalue weighted by molar-refractivity contribution is 0.391. The van der Waals surface area contributed by atoms with Crippen LogP contribution in [-0.2, 0) is 6.54 Å². The zero-order valence-corrected chi connectivity index (χ0v) is 18.9. The van der Waals surface area contributed by atoms with E-state index in [9.17, 15) is 4.39 Å². The highest BCUT2D eigenvalue weighted by Crippen LogP contribution is 2.37. The van der Waals surface area contributed by atoms with Crippen molar-refractivity contribution in [1.29, 1.82) is 0 Å². The smallest absolute Gasteiger partial charge is 0.240 e. The fraction of sp³-hybridized carbons (Fsp3) is 0.190. The van der Waals surface area contributed by atoms with Crippen molar-refractivity contribution in [3.05, 3.63) is 66.3 Å². The van der Waals surface area contributed by atoms with Crippen LogP contribution in [0.2, 0.25) is 0 Å². The average Bonchev–Trinajstić information content (AvgIpc) is 3.25. The molecule has 0 fully saturated rings. The van der Waals surface area contributed by atoms with Crippen LogP contribution in [0.3, 0.4) is 0 Å². The number of para-hydroxylation sites is 1. The fourth-order valence-electron chi connectivity index (χ4n) is 3.09. The minimum Gasteiger partial charge on any atom is -0.494 e. The fourth-order valence-corrected chi connectivity index (χ4v) is 3.59. The van der Waals surface area contributed by atoms with Gasteiger partial charge in [-0.25, -0.2) is 19.1 Å². The van der Waals surface area contributed by atoms with Gasteiger partial charge in [0, 0.05) is 30.1 Å². The summed E-state index contributed by atoms with van der Waals surface area (Å²) in [5, 5.41) is 8.72. The van der Waals surface area contributed by atoms with Gasteiger partial charge in [-0.1, -0.05) is 6.07 Å². The van der Waals surface area contributed by atoms with Crippen LogP contribution in [0.15, 0.2) is 49.1 Å². The Kier molecular flexibility index (Phi) is 6.95. The van der Waals surface area contributed by atoms with Crippen molar-refractivity contribution in [3.63, 3.8) is 0 Å². The first-order valence-corrected chi connectivity index (χ1v) is 10.6. The van der Waals surface area contributed by atoms with Gasteiger partial charge in [0.2, 0.25) is 5.95 Å². The molecule has 0 aliphatic heterocycles. The Morgan fingerprint density at radius 3 is 2.42 bits per heavy atom. The lowest BCUT2D eigenvalue weighted by Gasteiger charge is -2.17. The van der Waals surface area contributed by atoms with Crippen molar-refractivity contribution in [2.75, 3.05) is 18.9 Å². The van der Waals surface area contributed by atoms with Crippen LogP contribution >= 0.6 is 12.1 Å². The zero-order chi connectivity index (χ0) is 23.2. The number of benzene rings is 1. The maximum Gasteiger partial charge on any atom is 0.240 e. The van der Waals surface area contributed by atoms with Gasteiger partial charge in [-0.2, -0.15) is 0 Å². The molecule has 4 aromatic rings. The molecule has 0 amide bonds. The molecule has 1 aromatic carbocycles. The van der Waals surface area contributed by atoms with E-state index in [-0.39, 0.29) is 0 Å². The lowest BCUT2D eigenvalue weighted by Crippen LogP contribution is -2.12. The second kappa shape index (κ2) is 10.2. The first-order valence-electron chi connectivity index (χ1n) is 9.80. The monoisotopic (exact) mass is 468 g/mol. The molecule has 0 saturated heterocycles. The maximum atomic E-state index is 13.0. The Balaban J connectivity index is 1.67. The maximum absolute atomic E-state index is 13.0. The SMILES string of the molecule is COc1cccc(OC)c1-n1c(NSNCc2ncc(F)cn2)nnc1-c1cncc(C)c1. The van der Waals surface area contributed by atoms with E-state index < -0.39 is 5.82 Å². The molecule has 12 heteroatoms. The predicted octanol–water partition coefficient (Wildman–Crippen LogP) is 3.35. The summed E-state index contributed by atoms with van der Waals surface area (Å²) in [5.74, 6) is 2.10. The highest BCUT2D eigenvalue weighted by molar-refractivity contribution is 7.98. The number of hydrogen-bond donors (Lipinski definition) is 2. The summed E-state index contributed by atoms with van der Waals surface area (Å²) < 4.78 is 32.2. The Morgan fingerprint density at radius 1 is 1.03 bits per heavy atom. The van der Waals surface area contributed by atoms with Crippen LogP contribution in [0, 0.1) is 12.7 Å². The minimum absolute atomic E-state index is 0.304. The minimum atomic E-state index is -0.485. The third kappa shape index (κ3) is 5.02. The van der Waals surface area contributed by atoms with Crippen molar-refractivity contribution in [3.8, 4) is 28.6 Å². The third-order valence-corrected chi connectivity index (χ3v) is 5.11. The second-order valence-electron chi connectivity index (χ2n) is 6.79. The molecule has 0 spiro atoms. The number of ether oxygens (including phenoxy) is 2. The van der Waals surface area contributed by atoms with Gasteiger partial charge < -0.3 is 9.47 Å². The Bertz CT molecular complexity index is 1210. The van der Waals surface area contributed by atoms with E-state index in [0.29, 0.717) is 41.3 Å². The molecule has 4 rings (SSSR count). The van der Waals surface area contributed by atoms with Crippen LogP contribution in [0.4, 0.5) is 10.3 Å². The molecule has 3 heterocycles. The quantitative estimate of drug-likeness (QED) is 0.280. The van der Waals surface area contributed by atoms with E-state index in [0.717, 1.165) is 35.7 Å². The van der Waals surface area contributed by atoms with E-state index in [2.05, 4.69) is 34.6 Å². The van der Waals surface area contributed by atoms with Crippen molar-refractivity contribution in [2.45, 2.75) is 13.5 Å².